The van der Waals surface area contributed by atoms with Crippen LogP contribution < -0.4 is 0 Å². The SMILES string of the molecule is CCCCC#C[C@@H]1CC(=O)C([Si](C(C)C)(C(C)C)C(C)C)=CN1C(=O)O[C@@H]1CC[C@@H](C(C)C)C[C@H]1C(C)(C)c1ccccc1. The van der Waals surface area contributed by atoms with Crippen LogP contribution in [0.3, 0.4) is 0 Å². The molecule has 5 heteroatoms. The molecule has 4 atom stereocenters. The van der Waals surface area contributed by atoms with Gasteiger partial charge in [0.25, 0.3) is 0 Å². The summed E-state index contributed by atoms with van der Waals surface area (Å²) < 4.78 is 6.59. The molecule has 244 valence electrons. The summed E-state index contributed by atoms with van der Waals surface area (Å²) in [6, 6.07) is 10.2. The predicted octanol–water partition coefficient (Wildman–Crippen LogP) is 10.5. The Kier molecular flexibility index (Phi) is 12.6. The summed E-state index contributed by atoms with van der Waals surface area (Å²) in [6.07, 6.45) is 7.42. The molecule has 1 aliphatic carbocycles. The van der Waals surface area contributed by atoms with Crippen LogP contribution in [-0.4, -0.2) is 37.0 Å². The van der Waals surface area contributed by atoms with Gasteiger partial charge in [-0.3, -0.25) is 9.69 Å². The minimum absolute atomic E-state index is 0.160. The van der Waals surface area contributed by atoms with Gasteiger partial charge in [-0.25, -0.2) is 4.79 Å². The third-order valence-corrected chi connectivity index (χ3v) is 18.3. The zero-order valence-electron chi connectivity index (χ0n) is 29.7. The maximum Gasteiger partial charge on any atom is 0.415 e. The lowest BCUT2D eigenvalue weighted by molar-refractivity contribution is -0.116. The van der Waals surface area contributed by atoms with Crippen molar-refractivity contribution in [3.8, 4) is 11.8 Å². The molecule has 1 amide bonds. The Labute approximate surface area is 270 Å². The molecule has 1 saturated carbocycles. The van der Waals surface area contributed by atoms with Crippen LogP contribution >= 0.6 is 0 Å². The summed E-state index contributed by atoms with van der Waals surface area (Å²) in [6.45, 7) is 25.0. The van der Waals surface area contributed by atoms with Gasteiger partial charge in [-0.05, 0) is 70.3 Å². The molecule has 1 aromatic carbocycles. The minimum Gasteiger partial charge on any atom is -0.446 e. The van der Waals surface area contributed by atoms with Crippen LogP contribution in [-0.2, 0) is 14.9 Å². The molecule has 44 heavy (non-hydrogen) atoms. The second-order valence-electron chi connectivity index (χ2n) is 15.3. The highest BCUT2D eigenvalue weighted by Gasteiger charge is 2.51. The lowest BCUT2D eigenvalue weighted by Gasteiger charge is -2.47. The van der Waals surface area contributed by atoms with Crippen molar-refractivity contribution in [3.63, 3.8) is 0 Å². The van der Waals surface area contributed by atoms with Crippen molar-refractivity contribution in [1.82, 2.24) is 4.90 Å². The van der Waals surface area contributed by atoms with Crippen LogP contribution in [0.25, 0.3) is 0 Å². The topological polar surface area (TPSA) is 46.6 Å². The molecule has 0 radical (unpaired) electrons. The number of ketones is 1. The predicted molar refractivity (Wildman–Crippen MR) is 187 cm³/mol. The molecular weight excluding hydrogens is 559 g/mol. The van der Waals surface area contributed by atoms with E-state index in [9.17, 15) is 9.59 Å². The van der Waals surface area contributed by atoms with E-state index >= 15 is 0 Å². The number of nitrogens with zero attached hydrogens (tertiary/aromatic N) is 1. The van der Waals surface area contributed by atoms with Crippen LogP contribution in [0.4, 0.5) is 4.79 Å². The highest BCUT2D eigenvalue weighted by molar-refractivity contribution is 6.93. The van der Waals surface area contributed by atoms with E-state index in [1.54, 1.807) is 4.90 Å². The number of amides is 1. The number of hydrogen-bond donors (Lipinski definition) is 0. The number of carbonyl (C=O) groups is 2. The Bertz CT molecular complexity index is 1180. The maximum atomic E-state index is 14.4. The highest BCUT2D eigenvalue weighted by atomic mass is 28.3. The van der Waals surface area contributed by atoms with Crippen LogP contribution in [0.2, 0.25) is 16.6 Å². The number of benzene rings is 1. The largest absolute Gasteiger partial charge is 0.446 e. The van der Waals surface area contributed by atoms with Gasteiger partial charge in [-0.1, -0.05) is 119 Å². The monoisotopic (exact) mass is 619 g/mol. The number of carbonyl (C=O) groups excluding carboxylic acids is 2. The number of Topliss-reactive ketones (excluding diaryl/α,β-unsaturated/α-hetero) is 1. The average molecular weight is 620 g/mol. The van der Waals surface area contributed by atoms with Crippen LogP contribution in [0.15, 0.2) is 41.7 Å². The molecule has 1 aliphatic heterocycles. The number of ether oxygens (including phenoxy) is 1. The van der Waals surface area contributed by atoms with Gasteiger partial charge in [0.05, 0.1) is 0 Å². The third-order valence-electron chi connectivity index (χ3n) is 11.2. The van der Waals surface area contributed by atoms with Crippen molar-refractivity contribution in [1.29, 1.82) is 0 Å². The smallest absolute Gasteiger partial charge is 0.415 e. The van der Waals surface area contributed by atoms with E-state index in [2.05, 4.69) is 118 Å². The van der Waals surface area contributed by atoms with Gasteiger partial charge in [0.1, 0.15) is 20.2 Å². The first-order valence-corrected chi connectivity index (χ1v) is 19.7. The molecule has 0 spiro atoms. The van der Waals surface area contributed by atoms with Crippen molar-refractivity contribution in [3.05, 3.63) is 47.3 Å². The number of rotatable bonds is 10. The van der Waals surface area contributed by atoms with Gasteiger partial charge >= 0.3 is 6.09 Å². The van der Waals surface area contributed by atoms with Crippen LogP contribution in [0, 0.1) is 29.6 Å². The molecule has 0 saturated heterocycles. The zero-order chi connectivity index (χ0) is 32.8. The normalized spacial score (nSPS) is 23.2. The van der Waals surface area contributed by atoms with Crippen molar-refractivity contribution >= 4 is 20.0 Å². The summed E-state index contributed by atoms with van der Waals surface area (Å²) in [5.41, 5.74) is 2.22. The summed E-state index contributed by atoms with van der Waals surface area (Å²) in [5, 5.41) is 0.894. The zero-order valence-corrected chi connectivity index (χ0v) is 30.7. The van der Waals surface area contributed by atoms with Crippen LogP contribution in [0.1, 0.15) is 127 Å². The molecule has 0 N–H and O–H groups in total. The Balaban J connectivity index is 2.06. The molecule has 1 fully saturated rings. The van der Waals surface area contributed by atoms with E-state index in [4.69, 9.17) is 4.74 Å². The molecular formula is C39H61NO3Si. The van der Waals surface area contributed by atoms with Crippen molar-refractivity contribution in [2.45, 2.75) is 155 Å². The summed E-state index contributed by atoms with van der Waals surface area (Å²) >= 11 is 0. The minimum atomic E-state index is -2.30. The molecule has 0 bridgehead atoms. The van der Waals surface area contributed by atoms with E-state index in [1.807, 2.05) is 6.20 Å². The molecule has 1 heterocycles. The van der Waals surface area contributed by atoms with Crippen LogP contribution in [0.5, 0.6) is 0 Å². The Morgan fingerprint density at radius 1 is 1.00 bits per heavy atom. The second-order valence-corrected chi connectivity index (χ2v) is 21.2. The average Bonchev–Trinajstić information content (AvgIpc) is 2.96. The summed E-state index contributed by atoms with van der Waals surface area (Å²) in [5.74, 6) is 8.17. The molecule has 1 aromatic rings. The fourth-order valence-electron chi connectivity index (χ4n) is 8.68. The Hall–Kier alpha value is -2.32. The van der Waals surface area contributed by atoms with Crippen molar-refractivity contribution < 1.29 is 14.3 Å². The van der Waals surface area contributed by atoms with E-state index in [0.717, 1.165) is 43.7 Å². The quantitative estimate of drug-likeness (QED) is 0.149. The second kappa shape index (κ2) is 15.3. The van der Waals surface area contributed by atoms with Crippen molar-refractivity contribution in [2.75, 3.05) is 0 Å². The van der Waals surface area contributed by atoms with Gasteiger partial charge in [0.15, 0.2) is 5.78 Å². The van der Waals surface area contributed by atoms with Gasteiger partial charge in [-0.15, -0.1) is 5.92 Å². The molecule has 3 rings (SSSR count). The van der Waals surface area contributed by atoms with E-state index in [1.165, 1.54) is 5.56 Å². The lowest BCUT2D eigenvalue weighted by Crippen LogP contribution is -2.54. The molecule has 2 aliphatic rings. The Morgan fingerprint density at radius 2 is 1.61 bits per heavy atom. The molecule has 0 unspecified atom stereocenters. The number of hydrogen-bond acceptors (Lipinski definition) is 3. The van der Waals surface area contributed by atoms with Gasteiger partial charge < -0.3 is 4.74 Å². The van der Waals surface area contributed by atoms with E-state index in [-0.39, 0.29) is 35.7 Å². The summed E-state index contributed by atoms with van der Waals surface area (Å²) in [4.78, 5) is 30.1. The summed E-state index contributed by atoms with van der Waals surface area (Å²) in [7, 11) is -2.30. The van der Waals surface area contributed by atoms with E-state index < -0.39 is 14.1 Å². The van der Waals surface area contributed by atoms with Gasteiger partial charge in [0, 0.05) is 25.0 Å². The van der Waals surface area contributed by atoms with E-state index in [0.29, 0.717) is 28.5 Å². The lowest BCUT2D eigenvalue weighted by atomic mass is 9.62. The first-order valence-electron chi connectivity index (χ1n) is 17.5. The molecule has 4 nitrogen and oxygen atoms in total. The first kappa shape index (κ1) is 36.1. The maximum absolute atomic E-state index is 14.4. The van der Waals surface area contributed by atoms with Gasteiger partial charge in [-0.2, -0.15) is 0 Å². The third kappa shape index (κ3) is 7.55. The van der Waals surface area contributed by atoms with Gasteiger partial charge in [0.2, 0.25) is 0 Å². The fourth-order valence-corrected chi connectivity index (χ4v) is 15.5. The first-order chi connectivity index (χ1) is 20.7. The number of unbranched alkanes of at least 4 members (excludes halogenated alkanes) is 2. The molecule has 0 aromatic heterocycles. The number of allylic oxidation sites excluding steroid dienone is 1. The highest BCUT2D eigenvalue weighted by Crippen LogP contribution is 2.49. The Morgan fingerprint density at radius 3 is 2.16 bits per heavy atom. The fraction of sp³-hybridized carbons (Fsp3) is 0.692. The standard InChI is InChI=1S/C39H61NO3Si/c1-12-13-14-18-21-33-25-35(41)37(44(28(4)5,29(6)7)30(8)9)26-40(33)38(42)43-36-23-22-31(27(2)3)24-34(36)39(10,11)32-19-16-15-17-20-32/h15-17,19-20,26-31,33-34,36H,12-14,22-25H2,1-11H3/t31-,33-,34-,36-/m1/s1. The van der Waals surface area contributed by atoms with Crippen molar-refractivity contribution in [2.24, 2.45) is 17.8 Å².